The zero-order valence-electron chi connectivity index (χ0n) is 16.7. The average molecular weight is 445 g/mol. The Balaban J connectivity index is 2.29. The lowest BCUT2D eigenvalue weighted by Crippen LogP contribution is -2.39. The molecule has 1 aliphatic rings. The number of nitrogens with zero attached hydrogens (tertiary/aromatic N) is 3. The molecule has 2 rings (SSSR count). The number of hydrogen-bond acceptors (Lipinski definition) is 9. The van der Waals surface area contributed by atoms with Gasteiger partial charge in [-0.2, -0.15) is 8.78 Å². The van der Waals surface area contributed by atoms with Crippen molar-refractivity contribution in [3.63, 3.8) is 0 Å². The second kappa shape index (κ2) is 10.2. The van der Waals surface area contributed by atoms with Crippen LogP contribution in [0, 0.1) is 0 Å². The SMILES string of the molecule is CC(C)(O)CN=C/C(=C\N)c1cnc(NC2=CC(N)N=C(C(F)F)N2)cc1OC(F)F. The van der Waals surface area contributed by atoms with Crippen LogP contribution in [0.5, 0.6) is 5.75 Å². The Bertz CT molecular complexity index is 895. The lowest BCUT2D eigenvalue weighted by atomic mass is 10.1. The first kappa shape index (κ1) is 24.1. The van der Waals surface area contributed by atoms with Gasteiger partial charge in [-0.3, -0.25) is 4.99 Å². The lowest BCUT2D eigenvalue weighted by Gasteiger charge is -2.21. The Hall–Kier alpha value is -3.19. The zero-order valence-corrected chi connectivity index (χ0v) is 16.7. The van der Waals surface area contributed by atoms with Gasteiger partial charge in [0.1, 0.15) is 23.6 Å². The van der Waals surface area contributed by atoms with Gasteiger partial charge >= 0.3 is 6.61 Å². The quantitative estimate of drug-likeness (QED) is 0.287. The molecule has 31 heavy (non-hydrogen) atoms. The summed E-state index contributed by atoms with van der Waals surface area (Å²) in [5.41, 5.74) is 10.4. The molecule has 1 aromatic heterocycles. The average Bonchev–Trinajstić information content (AvgIpc) is 2.64. The molecular weight excluding hydrogens is 422 g/mol. The minimum absolute atomic E-state index is 0.00525. The van der Waals surface area contributed by atoms with Crippen LogP contribution in [0.4, 0.5) is 23.4 Å². The van der Waals surface area contributed by atoms with E-state index in [0.717, 1.165) is 12.3 Å². The molecule has 1 aromatic rings. The number of amidine groups is 1. The molecule has 1 aliphatic heterocycles. The monoisotopic (exact) mass is 445 g/mol. The first-order valence-corrected chi connectivity index (χ1v) is 8.95. The second-order valence-electron chi connectivity index (χ2n) is 6.98. The van der Waals surface area contributed by atoms with E-state index in [1.165, 1.54) is 18.5 Å². The largest absolute Gasteiger partial charge is 0.434 e. The Labute approximate surface area is 175 Å². The number of anilines is 1. The summed E-state index contributed by atoms with van der Waals surface area (Å²) in [5.74, 6) is -0.884. The minimum atomic E-state index is -3.15. The number of allylic oxidation sites excluding steroid dienone is 1. The molecule has 1 atom stereocenters. The van der Waals surface area contributed by atoms with E-state index in [-0.39, 0.29) is 35.1 Å². The number of pyridine rings is 1. The summed E-state index contributed by atoms with van der Waals surface area (Å²) < 4.78 is 56.2. The number of aromatic nitrogens is 1. The summed E-state index contributed by atoms with van der Waals surface area (Å²) in [5, 5.41) is 14.7. The predicted molar refractivity (Wildman–Crippen MR) is 109 cm³/mol. The van der Waals surface area contributed by atoms with Crippen molar-refractivity contribution in [2.24, 2.45) is 21.5 Å². The Morgan fingerprint density at radius 2 is 2.13 bits per heavy atom. The number of hydrogen-bond donors (Lipinski definition) is 5. The van der Waals surface area contributed by atoms with Crippen molar-refractivity contribution in [1.29, 1.82) is 0 Å². The number of aliphatic hydroxyl groups is 1. The van der Waals surface area contributed by atoms with Crippen LogP contribution in [-0.4, -0.2) is 53.5 Å². The molecule has 0 spiro atoms. The van der Waals surface area contributed by atoms with E-state index in [9.17, 15) is 22.7 Å². The number of ether oxygens (including phenoxy) is 1. The zero-order chi connectivity index (χ0) is 23.2. The van der Waals surface area contributed by atoms with E-state index >= 15 is 0 Å². The predicted octanol–water partition coefficient (Wildman–Crippen LogP) is 1.63. The van der Waals surface area contributed by atoms with Gasteiger partial charge in [0.05, 0.1) is 12.1 Å². The van der Waals surface area contributed by atoms with E-state index in [2.05, 4.69) is 30.3 Å². The van der Waals surface area contributed by atoms with E-state index in [0.29, 0.717) is 0 Å². The lowest BCUT2D eigenvalue weighted by molar-refractivity contribution is -0.0500. The molecule has 7 N–H and O–H groups in total. The van der Waals surface area contributed by atoms with Gasteiger partial charge in [0.15, 0.2) is 5.84 Å². The number of alkyl halides is 4. The Morgan fingerprint density at radius 1 is 1.42 bits per heavy atom. The van der Waals surface area contributed by atoms with Crippen molar-refractivity contribution < 1.29 is 27.4 Å². The van der Waals surface area contributed by atoms with Crippen molar-refractivity contribution in [2.45, 2.75) is 38.7 Å². The molecule has 170 valence electrons. The van der Waals surface area contributed by atoms with Crippen molar-refractivity contribution in [2.75, 3.05) is 11.9 Å². The molecule has 9 nitrogen and oxygen atoms in total. The molecule has 0 bridgehead atoms. The highest BCUT2D eigenvalue weighted by atomic mass is 19.3. The van der Waals surface area contributed by atoms with Crippen LogP contribution in [-0.2, 0) is 0 Å². The third-order valence-electron chi connectivity index (χ3n) is 3.64. The fourth-order valence-corrected chi connectivity index (χ4v) is 2.39. The standard InChI is InChI=1S/C18H23F4N7O2/c1-18(2,30)8-25-6-9(5-23)10-7-26-13(3-11(10)31-17(21)22)28-14-4-12(24)27-16(29-14)15(19)20/h3-7,12,15,17,30H,8,23-24H2,1-2H3,(H,26,28)(H,27,29)/b9-5+,25-6?. The van der Waals surface area contributed by atoms with E-state index in [1.54, 1.807) is 13.8 Å². The smallest absolute Gasteiger partial charge is 0.387 e. The molecule has 0 saturated carbocycles. The molecule has 0 aliphatic carbocycles. The third kappa shape index (κ3) is 7.53. The summed E-state index contributed by atoms with van der Waals surface area (Å²) >= 11 is 0. The maximum absolute atomic E-state index is 12.9. The first-order chi connectivity index (χ1) is 14.5. The minimum Gasteiger partial charge on any atom is -0.434 e. The summed E-state index contributed by atoms with van der Waals surface area (Å²) in [7, 11) is 0. The van der Waals surface area contributed by atoms with E-state index < -0.39 is 30.6 Å². The van der Waals surface area contributed by atoms with Gasteiger partial charge in [-0.25, -0.2) is 18.8 Å². The van der Waals surface area contributed by atoms with Crippen LogP contribution in [0.3, 0.4) is 0 Å². The maximum Gasteiger partial charge on any atom is 0.387 e. The summed E-state index contributed by atoms with van der Waals surface area (Å²) in [6.07, 6.45) is 0.999. The number of rotatable bonds is 9. The molecule has 0 aromatic carbocycles. The van der Waals surface area contributed by atoms with Gasteiger partial charge in [-0.1, -0.05) is 0 Å². The molecule has 2 heterocycles. The van der Waals surface area contributed by atoms with Crippen molar-refractivity contribution >= 4 is 23.4 Å². The van der Waals surface area contributed by atoms with Gasteiger partial charge < -0.3 is 31.9 Å². The van der Waals surface area contributed by atoms with Gasteiger partial charge in [0, 0.05) is 35.8 Å². The second-order valence-corrected chi connectivity index (χ2v) is 6.98. The first-order valence-electron chi connectivity index (χ1n) is 8.95. The summed E-state index contributed by atoms with van der Waals surface area (Å²) in [6.45, 7) is -0.0168. The van der Waals surface area contributed by atoms with Crippen LogP contribution in [0.25, 0.3) is 5.57 Å². The topological polar surface area (TPSA) is 143 Å². The van der Waals surface area contributed by atoms with Crippen molar-refractivity contribution in [3.05, 3.63) is 35.9 Å². The highest BCUT2D eigenvalue weighted by Crippen LogP contribution is 2.29. The normalized spacial score (nSPS) is 17.6. The molecule has 0 saturated heterocycles. The fraction of sp³-hybridized carbons (Fsp3) is 0.389. The van der Waals surface area contributed by atoms with Crippen LogP contribution < -0.4 is 26.8 Å². The van der Waals surface area contributed by atoms with Gasteiger partial charge in [0.25, 0.3) is 6.43 Å². The van der Waals surface area contributed by atoms with Gasteiger partial charge in [0.2, 0.25) is 0 Å². The van der Waals surface area contributed by atoms with Gasteiger partial charge in [-0.05, 0) is 19.9 Å². The summed E-state index contributed by atoms with van der Waals surface area (Å²) in [4.78, 5) is 11.6. The van der Waals surface area contributed by atoms with Crippen molar-refractivity contribution in [3.8, 4) is 5.75 Å². The molecule has 1 unspecified atom stereocenters. The Kier molecular flexibility index (Phi) is 7.94. The highest BCUT2D eigenvalue weighted by molar-refractivity contribution is 6.10. The van der Waals surface area contributed by atoms with Gasteiger partial charge in [-0.15, -0.1) is 0 Å². The van der Waals surface area contributed by atoms with Crippen LogP contribution in [0.1, 0.15) is 19.4 Å². The molecule has 13 heteroatoms. The fourth-order valence-electron chi connectivity index (χ4n) is 2.39. The highest BCUT2D eigenvalue weighted by Gasteiger charge is 2.21. The third-order valence-corrected chi connectivity index (χ3v) is 3.64. The van der Waals surface area contributed by atoms with Crippen LogP contribution in [0.2, 0.25) is 0 Å². The van der Waals surface area contributed by atoms with Crippen LogP contribution >= 0.6 is 0 Å². The van der Waals surface area contributed by atoms with Crippen LogP contribution in [0.15, 0.2) is 40.3 Å². The van der Waals surface area contributed by atoms with E-state index in [4.69, 9.17) is 11.5 Å². The van der Waals surface area contributed by atoms with Crippen molar-refractivity contribution in [1.82, 2.24) is 10.3 Å². The molecule has 0 radical (unpaired) electrons. The number of nitrogens with one attached hydrogen (secondary N) is 2. The number of aliphatic imine (C=N–C) groups is 2. The Morgan fingerprint density at radius 3 is 2.71 bits per heavy atom. The molecule has 0 amide bonds. The number of nitrogens with two attached hydrogens (primary N) is 2. The molecule has 0 fully saturated rings. The molecular formula is C18H23F4N7O2. The summed E-state index contributed by atoms with van der Waals surface area (Å²) in [6, 6.07) is 1.14. The maximum atomic E-state index is 12.9. The number of halogens is 4. The van der Waals surface area contributed by atoms with E-state index in [1.807, 2.05) is 0 Å².